The molecule has 4 rings (SSSR count). The third-order valence-electron chi connectivity index (χ3n) is 4.24. The molecule has 0 saturated carbocycles. The minimum atomic E-state index is -0.305. The van der Waals surface area contributed by atoms with Crippen LogP contribution in [0.2, 0.25) is 0 Å². The van der Waals surface area contributed by atoms with Crippen molar-refractivity contribution in [1.29, 1.82) is 5.26 Å². The molecule has 0 saturated heterocycles. The van der Waals surface area contributed by atoms with Gasteiger partial charge in [-0.15, -0.1) is 0 Å². The fraction of sp³-hybridized carbons (Fsp3) is 0.0952. The highest BCUT2D eigenvalue weighted by atomic mass is 19.1. The first-order chi connectivity index (χ1) is 13.5. The van der Waals surface area contributed by atoms with Crippen LogP contribution in [0.15, 0.2) is 54.7 Å². The normalized spacial score (nSPS) is 10.6. The number of ether oxygens (including phenoxy) is 1. The number of benzene rings is 2. The van der Waals surface area contributed by atoms with Gasteiger partial charge in [0.1, 0.15) is 17.4 Å². The van der Waals surface area contributed by atoms with Crippen LogP contribution in [0.25, 0.3) is 5.65 Å². The Kier molecular flexibility index (Phi) is 4.38. The molecule has 2 aromatic carbocycles. The maximum atomic E-state index is 13.1. The van der Waals surface area contributed by atoms with Crippen LogP contribution in [-0.2, 0) is 0 Å². The third kappa shape index (κ3) is 3.35. The molecule has 0 amide bonds. The summed E-state index contributed by atoms with van der Waals surface area (Å²) < 4.78 is 20.9. The van der Waals surface area contributed by atoms with Crippen LogP contribution >= 0.6 is 0 Å². The molecule has 0 aliphatic rings. The lowest BCUT2D eigenvalue weighted by Gasteiger charge is -2.14. The van der Waals surface area contributed by atoms with Gasteiger partial charge in [-0.05, 0) is 61.4 Å². The van der Waals surface area contributed by atoms with E-state index >= 15 is 0 Å². The fourth-order valence-corrected chi connectivity index (χ4v) is 2.98. The van der Waals surface area contributed by atoms with Crippen LogP contribution in [0.5, 0.6) is 11.6 Å². The fourth-order valence-electron chi connectivity index (χ4n) is 2.98. The summed E-state index contributed by atoms with van der Waals surface area (Å²) in [5.74, 6) is 1.37. The first kappa shape index (κ1) is 17.5. The highest BCUT2D eigenvalue weighted by molar-refractivity contribution is 5.60. The summed E-state index contributed by atoms with van der Waals surface area (Å²) in [6.45, 7) is 3.78. The number of aromatic nitrogens is 3. The van der Waals surface area contributed by atoms with Gasteiger partial charge in [0.05, 0.1) is 17.8 Å². The van der Waals surface area contributed by atoms with Crippen molar-refractivity contribution in [1.82, 2.24) is 14.6 Å². The molecule has 6 nitrogen and oxygen atoms in total. The molecule has 138 valence electrons. The van der Waals surface area contributed by atoms with E-state index in [0.717, 1.165) is 11.1 Å². The predicted octanol–water partition coefficient (Wildman–Crippen LogP) is 4.89. The molecule has 28 heavy (non-hydrogen) atoms. The lowest BCUT2D eigenvalue weighted by molar-refractivity contribution is 0.440. The Bertz CT molecular complexity index is 1180. The average Bonchev–Trinajstić information content (AvgIpc) is 3.15. The van der Waals surface area contributed by atoms with Crippen LogP contribution in [0.4, 0.5) is 15.9 Å². The SMILES string of the molecule is Cc1cc(C#N)cc(C)c1Oc1cc(Nc2ccc(F)cc2)nc2ccnn12. The van der Waals surface area contributed by atoms with Gasteiger partial charge in [0.2, 0.25) is 5.88 Å². The summed E-state index contributed by atoms with van der Waals surface area (Å²) >= 11 is 0. The zero-order valence-corrected chi connectivity index (χ0v) is 15.3. The molecule has 0 spiro atoms. The van der Waals surface area contributed by atoms with Crippen molar-refractivity contribution < 1.29 is 9.13 Å². The van der Waals surface area contributed by atoms with Crippen molar-refractivity contribution in [2.24, 2.45) is 0 Å². The second-order valence-electron chi connectivity index (χ2n) is 6.37. The molecule has 1 N–H and O–H groups in total. The molecule has 0 aliphatic heterocycles. The smallest absolute Gasteiger partial charge is 0.226 e. The number of halogens is 1. The maximum Gasteiger partial charge on any atom is 0.226 e. The van der Waals surface area contributed by atoms with Crippen molar-refractivity contribution in [2.45, 2.75) is 13.8 Å². The largest absolute Gasteiger partial charge is 0.438 e. The quantitative estimate of drug-likeness (QED) is 0.551. The van der Waals surface area contributed by atoms with E-state index in [4.69, 9.17) is 10.00 Å². The monoisotopic (exact) mass is 373 g/mol. The van der Waals surface area contributed by atoms with Gasteiger partial charge in [0, 0.05) is 17.8 Å². The summed E-state index contributed by atoms with van der Waals surface area (Å²) in [5.41, 5.74) is 3.59. The van der Waals surface area contributed by atoms with Crippen LogP contribution < -0.4 is 10.1 Å². The number of anilines is 2. The van der Waals surface area contributed by atoms with E-state index in [9.17, 15) is 4.39 Å². The Hall–Kier alpha value is -3.92. The van der Waals surface area contributed by atoms with Crippen LogP contribution in [0, 0.1) is 31.0 Å². The van der Waals surface area contributed by atoms with Gasteiger partial charge in [-0.1, -0.05) is 0 Å². The molecule has 0 bridgehead atoms. The first-order valence-corrected chi connectivity index (χ1v) is 8.60. The van der Waals surface area contributed by atoms with Gasteiger partial charge < -0.3 is 10.1 Å². The molecule has 2 aromatic heterocycles. The Morgan fingerprint density at radius 1 is 1.07 bits per heavy atom. The topological polar surface area (TPSA) is 75.2 Å². The van der Waals surface area contributed by atoms with Crippen molar-refractivity contribution in [3.63, 3.8) is 0 Å². The van der Waals surface area contributed by atoms with E-state index < -0.39 is 0 Å². The number of hydrogen-bond donors (Lipinski definition) is 1. The second kappa shape index (κ2) is 7.00. The van der Waals surface area contributed by atoms with E-state index in [1.807, 2.05) is 13.8 Å². The van der Waals surface area contributed by atoms with E-state index in [-0.39, 0.29) is 5.82 Å². The zero-order chi connectivity index (χ0) is 19.7. The van der Waals surface area contributed by atoms with Crippen molar-refractivity contribution in [3.05, 3.63) is 77.2 Å². The summed E-state index contributed by atoms with van der Waals surface area (Å²) in [4.78, 5) is 4.50. The molecule has 0 aliphatic carbocycles. The summed E-state index contributed by atoms with van der Waals surface area (Å²) in [5, 5.41) is 16.5. The van der Waals surface area contributed by atoms with Gasteiger partial charge in [-0.2, -0.15) is 14.9 Å². The number of hydrogen-bond acceptors (Lipinski definition) is 5. The van der Waals surface area contributed by atoms with E-state index in [1.165, 1.54) is 12.1 Å². The Morgan fingerprint density at radius 3 is 2.46 bits per heavy atom. The van der Waals surface area contributed by atoms with E-state index in [0.29, 0.717) is 34.3 Å². The van der Waals surface area contributed by atoms with Crippen LogP contribution in [0.1, 0.15) is 16.7 Å². The number of nitrogens with zero attached hydrogens (tertiary/aromatic N) is 4. The minimum Gasteiger partial charge on any atom is -0.438 e. The number of rotatable bonds is 4. The predicted molar refractivity (Wildman–Crippen MR) is 103 cm³/mol. The van der Waals surface area contributed by atoms with Gasteiger partial charge in [-0.25, -0.2) is 9.37 Å². The number of fused-ring (bicyclic) bond motifs is 1. The first-order valence-electron chi connectivity index (χ1n) is 8.60. The standard InChI is InChI=1S/C21H16FN5O/c1-13-9-15(12-23)10-14(2)21(13)28-20-11-18(26-19-7-8-24-27(19)20)25-17-5-3-16(22)4-6-17/h3-11H,1-2H3,(H,25,26). The van der Waals surface area contributed by atoms with Crippen molar-refractivity contribution in [2.75, 3.05) is 5.32 Å². The molecule has 7 heteroatoms. The molecule has 0 radical (unpaired) electrons. The minimum absolute atomic E-state index is 0.305. The lowest BCUT2D eigenvalue weighted by atomic mass is 10.1. The molecular weight excluding hydrogens is 357 g/mol. The van der Waals surface area contributed by atoms with Gasteiger partial charge >= 0.3 is 0 Å². The van der Waals surface area contributed by atoms with E-state index in [2.05, 4.69) is 21.5 Å². The lowest BCUT2D eigenvalue weighted by Crippen LogP contribution is -2.03. The average molecular weight is 373 g/mol. The highest BCUT2D eigenvalue weighted by Crippen LogP contribution is 2.31. The van der Waals surface area contributed by atoms with Crippen LogP contribution in [-0.4, -0.2) is 14.6 Å². The molecule has 0 unspecified atom stereocenters. The van der Waals surface area contributed by atoms with Gasteiger partial charge in [-0.3, -0.25) is 0 Å². The Balaban J connectivity index is 1.74. The molecule has 0 atom stereocenters. The van der Waals surface area contributed by atoms with Gasteiger partial charge in [0.15, 0.2) is 5.65 Å². The summed E-state index contributed by atoms with van der Waals surface area (Å²) in [6, 6.07) is 15.2. The Labute approximate surface area is 160 Å². The highest BCUT2D eigenvalue weighted by Gasteiger charge is 2.13. The molecule has 0 fully saturated rings. The van der Waals surface area contributed by atoms with Crippen molar-refractivity contribution >= 4 is 17.2 Å². The molecule has 4 aromatic rings. The molecular formula is C21H16FN5O. The number of nitrogens with one attached hydrogen (secondary N) is 1. The third-order valence-corrected chi connectivity index (χ3v) is 4.24. The number of nitriles is 1. The zero-order valence-electron chi connectivity index (χ0n) is 15.3. The second-order valence-corrected chi connectivity index (χ2v) is 6.37. The molecule has 2 heterocycles. The van der Waals surface area contributed by atoms with Crippen molar-refractivity contribution in [3.8, 4) is 17.7 Å². The maximum absolute atomic E-state index is 13.1. The van der Waals surface area contributed by atoms with E-state index in [1.54, 1.807) is 47.1 Å². The summed E-state index contributed by atoms with van der Waals surface area (Å²) in [6.07, 6.45) is 1.63. The summed E-state index contributed by atoms with van der Waals surface area (Å²) in [7, 11) is 0. The van der Waals surface area contributed by atoms with Gasteiger partial charge in [0.25, 0.3) is 0 Å². The Morgan fingerprint density at radius 2 is 1.79 bits per heavy atom. The number of aryl methyl sites for hydroxylation is 2. The van der Waals surface area contributed by atoms with Crippen LogP contribution in [0.3, 0.4) is 0 Å².